The highest BCUT2D eigenvalue weighted by molar-refractivity contribution is 5.05. The fourth-order valence-corrected chi connectivity index (χ4v) is 2.40. The van der Waals surface area contributed by atoms with Crippen LogP contribution in [-0.4, -0.2) is 47.3 Å². The van der Waals surface area contributed by atoms with Gasteiger partial charge in [-0.1, -0.05) is 0 Å². The summed E-state index contributed by atoms with van der Waals surface area (Å²) in [4.78, 5) is 6.60. The highest BCUT2D eigenvalue weighted by Gasteiger charge is 2.19. The fourth-order valence-electron chi connectivity index (χ4n) is 2.40. The van der Waals surface area contributed by atoms with Gasteiger partial charge >= 0.3 is 0 Å². The molecule has 5 heteroatoms. The molecule has 1 unspecified atom stereocenters. The molecule has 1 aromatic heterocycles. The van der Waals surface area contributed by atoms with Crippen LogP contribution in [0, 0.1) is 13.8 Å². The van der Waals surface area contributed by atoms with E-state index in [1.165, 1.54) is 12.8 Å². The Labute approximate surface area is 108 Å². The maximum Gasteiger partial charge on any atom is 0.208 e. The van der Waals surface area contributed by atoms with Crippen LogP contribution in [0.4, 0.5) is 0 Å². The first-order chi connectivity index (χ1) is 8.69. The summed E-state index contributed by atoms with van der Waals surface area (Å²) in [5, 5.41) is 12.6. The number of aryl methyl sites for hydroxylation is 2. The Morgan fingerprint density at radius 1 is 1.50 bits per heavy atom. The highest BCUT2D eigenvalue weighted by Crippen LogP contribution is 2.12. The van der Waals surface area contributed by atoms with Crippen molar-refractivity contribution in [1.29, 1.82) is 0 Å². The lowest BCUT2D eigenvalue weighted by atomic mass is 10.2. The molecule has 102 valence electrons. The van der Waals surface area contributed by atoms with Crippen molar-refractivity contribution < 1.29 is 9.52 Å². The largest absolute Gasteiger partial charge is 0.444 e. The van der Waals surface area contributed by atoms with Gasteiger partial charge in [0.25, 0.3) is 0 Å². The zero-order valence-electron chi connectivity index (χ0n) is 11.3. The van der Waals surface area contributed by atoms with E-state index in [4.69, 9.17) is 9.52 Å². The van der Waals surface area contributed by atoms with Gasteiger partial charge in [0.2, 0.25) is 5.89 Å². The van der Waals surface area contributed by atoms with Gasteiger partial charge in [-0.25, -0.2) is 4.98 Å². The van der Waals surface area contributed by atoms with E-state index < -0.39 is 0 Å². The van der Waals surface area contributed by atoms with Crippen molar-refractivity contribution in [1.82, 2.24) is 15.2 Å². The molecule has 1 fully saturated rings. The van der Waals surface area contributed by atoms with E-state index in [0.717, 1.165) is 30.4 Å². The van der Waals surface area contributed by atoms with Crippen LogP contribution < -0.4 is 5.32 Å². The van der Waals surface area contributed by atoms with Gasteiger partial charge in [-0.2, -0.15) is 0 Å². The van der Waals surface area contributed by atoms with Gasteiger partial charge in [-0.3, -0.25) is 4.90 Å². The first-order valence-electron chi connectivity index (χ1n) is 6.68. The average molecular weight is 253 g/mol. The Morgan fingerprint density at radius 3 is 2.89 bits per heavy atom. The highest BCUT2D eigenvalue weighted by atomic mass is 16.4. The monoisotopic (exact) mass is 253 g/mol. The second-order valence-corrected chi connectivity index (χ2v) is 5.00. The molecular formula is C13H23N3O2. The van der Waals surface area contributed by atoms with Gasteiger partial charge in [0.05, 0.1) is 18.8 Å². The minimum absolute atomic E-state index is 0.172. The number of hydrogen-bond acceptors (Lipinski definition) is 5. The number of aliphatic hydroxyl groups excluding tert-OH is 1. The SMILES string of the molecule is Cc1nc(CN(CCO)CC2CCCN2)oc1C. The molecule has 18 heavy (non-hydrogen) atoms. The third-order valence-corrected chi connectivity index (χ3v) is 3.49. The van der Waals surface area contributed by atoms with Gasteiger partial charge in [-0.15, -0.1) is 0 Å². The smallest absolute Gasteiger partial charge is 0.208 e. The number of hydrogen-bond donors (Lipinski definition) is 2. The molecule has 5 nitrogen and oxygen atoms in total. The number of nitrogens with one attached hydrogen (secondary N) is 1. The molecule has 0 aliphatic carbocycles. The van der Waals surface area contributed by atoms with Crippen molar-refractivity contribution in [3.63, 3.8) is 0 Å². The van der Waals surface area contributed by atoms with E-state index in [-0.39, 0.29) is 6.61 Å². The zero-order valence-corrected chi connectivity index (χ0v) is 11.3. The summed E-state index contributed by atoms with van der Waals surface area (Å²) in [5.74, 6) is 1.63. The Hall–Kier alpha value is -0.910. The molecule has 1 aliphatic heterocycles. The van der Waals surface area contributed by atoms with Gasteiger partial charge in [0, 0.05) is 19.1 Å². The van der Waals surface area contributed by atoms with Crippen LogP contribution in [0.25, 0.3) is 0 Å². The third kappa shape index (κ3) is 3.54. The molecule has 0 bridgehead atoms. The van der Waals surface area contributed by atoms with Crippen LogP contribution in [0.3, 0.4) is 0 Å². The molecule has 0 spiro atoms. The lowest BCUT2D eigenvalue weighted by Gasteiger charge is -2.23. The number of aliphatic hydroxyl groups is 1. The molecule has 0 aromatic carbocycles. The molecule has 1 saturated heterocycles. The fraction of sp³-hybridized carbons (Fsp3) is 0.769. The molecule has 0 saturated carbocycles. The van der Waals surface area contributed by atoms with Crippen molar-refractivity contribution in [2.24, 2.45) is 0 Å². The second-order valence-electron chi connectivity index (χ2n) is 5.00. The topological polar surface area (TPSA) is 61.5 Å². The Kier molecular flexibility index (Phi) is 4.74. The molecular weight excluding hydrogens is 230 g/mol. The maximum atomic E-state index is 9.14. The number of nitrogens with zero attached hydrogens (tertiary/aromatic N) is 2. The summed E-state index contributed by atoms with van der Waals surface area (Å²) < 4.78 is 5.60. The summed E-state index contributed by atoms with van der Waals surface area (Å²) in [6.45, 7) is 7.45. The molecule has 2 heterocycles. The third-order valence-electron chi connectivity index (χ3n) is 3.49. The summed E-state index contributed by atoms with van der Waals surface area (Å²) in [6.07, 6.45) is 2.46. The van der Waals surface area contributed by atoms with Crippen LogP contribution in [0.1, 0.15) is 30.2 Å². The Bertz CT molecular complexity index is 353. The van der Waals surface area contributed by atoms with E-state index >= 15 is 0 Å². The normalized spacial score (nSPS) is 19.9. The molecule has 2 N–H and O–H groups in total. The van der Waals surface area contributed by atoms with Crippen LogP contribution >= 0.6 is 0 Å². The van der Waals surface area contributed by atoms with E-state index in [9.17, 15) is 0 Å². The lowest BCUT2D eigenvalue weighted by molar-refractivity contribution is 0.167. The lowest BCUT2D eigenvalue weighted by Crippen LogP contribution is -2.38. The van der Waals surface area contributed by atoms with Crippen molar-refractivity contribution in [2.45, 2.75) is 39.3 Å². The quantitative estimate of drug-likeness (QED) is 0.786. The molecule has 1 aromatic rings. The number of aromatic nitrogens is 1. The van der Waals surface area contributed by atoms with Gasteiger partial charge in [0.15, 0.2) is 0 Å². The van der Waals surface area contributed by atoms with Crippen molar-refractivity contribution in [2.75, 3.05) is 26.2 Å². The maximum absolute atomic E-state index is 9.14. The van der Waals surface area contributed by atoms with Crippen molar-refractivity contribution in [3.05, 3.63) is 17.3 Å². The second kappa shape index (κ2) is 6.31. The predicted octanol–water partition coefficient (Wildman–Crippen LogP) is 0.838. The first-order valence-corrected chi connectivity index (χ1v) is 6.68. The molecule has 0 amide bonds. The van der Waals surface area contributed by atoms with Crippen LogP contribution in [-0.2, 0) is 6.54 Å². The Morgan fingerprint density at radius 2 is 2.33 bits per heavy atom. The zero-order chi connectivity index (χ0) is 13.0. The van der Waals surface area contributed by atoms with Crippen LogP contribution in [0.2, 0.25) is 0 Å². The van der Waals surface area contributed by atoms with Crippen LogP contribution in [0.15, 0.2) is 4.42 Å². The van der Waals surface area contributed by atoms with Gasteiger partial charge < -0.3 is 14.8 Å². The summed E-state index contributed by atoms with van der Waals surface area (Å²) in [5.41, 5.74) is 0.952. The van der Waals surface area contributed by atoms with Crippen molar-refractivity contribution >= 4 is 0 Å². The van der Waals surface area contributed by atoms with Gasteiger partial charge in [0.1, 0.15) is 5.76 Å². The minimum atomic E-state index is 0.172. The number of rotatable bonds is 6. The van der Waals surface area contributed by atoms with E-state index in [1.807, 2.05) is 13.8 Å². The van der Waals surface area contributed by atoms with Crippen LogP contribution in [0.5, 0.6) is 0 Å². The van der Waals surface area contributed by atoms with E-state index in [1.54, 1.807) is 0 Å². The summed E-state index contributed by atoms with van der Waals surface area (Å²) >= 11 is 0. The Balaban J connectivity index is 1.92. The number of oxazole rings is 1. The molecule has 2 rings (SSSR count). The predicted molar refractivity (Wildman–Crippen MR) is 69.4 cm³/mol. The van der Waals surface area contributed by atoms with Gasteiger partial charge in [-0.05, 0) is 33.2 Å². The van der Waals surface area contributed by atoms with Crippen molar-refractivity contribution in [3.8, 4) is 0 Å². The average Bonchev–Trinajstić information content (AvgIpc) is 2.91. The van der Waals surface area contributed by atoms with E-state index in [0.29, 0.717) is 19.1 Å². The standard InChI is InChI=1S/C13H23N3O2/c1-10-11(2)18-13(15-10)9-16(6-7-17)8-12-4-3-5-14-12/h12,14,17H,3-9H2,1-2H3. The summed E-state index contributed by atoms with van der Waals surface area (Å²) in [6, 6.07) is 0.536. The molecule has 1 atom stereocenters. The summed E-state index contributed by atoms with van der Waals surface area (Å²) in [7, 11) is 0. The molecule has 0 radical (unpaired) electrons. The first kappa shape index (κ1) is 13.5. The minimum Gasteiger partial charge on any atom is -0.444 e. The van der Waals surface area contributed by atoms with E-state index in [2.05, 4.69) is 15.2 Å². The molecule has 1 aliphatic rings.